The van der Waals surface area contributed by atoms with E-state index in [1.54, 1.807) is 12.2 Å². The molecule has 0 amide bonds. The van der Waals surface area contributed by atoms with Gasteiger partial charge in [-0.25, -0.2) is 4.57 Å². The Balaban J connectivity index is 4.50. The third-order valence-electron chi connectivity index (χ3n) is 8.05. The summed E-state index contributed by atoms with van der Waals surface area (Å²) in [6.07, 6.45) is 47.6. The summed E-state index contributed by atoms with van der Waals surface area (Å²) in [7, 11) is -4.44. The van der Waals surface area contributed by atoms with Gasteiger partial charge < -0.3 is 25.2 Å². The first-order chi connectivity index (χ1) is 27.2. The molecule has 4 N–H and O–H groups in total. The maximum absolute atomic E-state index is 12.5. The minimum Gasteiger partial charge on any atom is -0.462 e. The number of nitrogens with two attached hydrogens (primary N) is 1. The van der Waals surface area contributed by atoms with Crippen molar-refractivity contribution >= 4 is 19.8 Å². The summed E-state index contributed by atoms with van der Waals surface area (Å²) in [5.41, 5.74) is 5.33. The van der Waals surface area contributed by atoms with Gasteiger partial charge in [-0.05, 0) is 83.5 Å². The molecule has 318 valence electrons. The van der Waals surface area contributed by atoms with Crippen LogP contribution < -0.4 is 5.73 Å². The highest BCUT2D eigenvalue weighted by Crippen LogP contribution is 2.43. The Bertz CT molecular complexity index is 1250. The summed E-state index contributed by atoms with van der Waals surface area (Å²) < 4.78 is 32.5. The van der Waals surface area contributed by atoms with Crippen molar-refractivity contribution in [2.45, 2.75) is 148 Å². The molecule has 0 spiro atoms. The van der Waals surface area contributed by atoms with Crippen molar-refractivity contribution in [2.24, 2.45) is 5.73 Å². The second-order valence-corrected chi connectivity index (χ2v) is 14.8. The van der Waals surface area contributed by atoms with E-state index in [1.807, 2.05) is 24.3 Å². The molecule has 0 aromatic heterocycles. The number of rotatable bonds is 37. The SMILES string of the molecule is CCCCC/C=C\C/C=C\C/C=C\C=C\[C@@H](O)CCCC(=O)OC[C@H](COP(=O)(O)OCCN)OC(=O)CCC/C=C\C/C=C\C/C=C\C/C=C\CCCCC. The molecule has 0 heterocycles. The van der Waals surface area contributed by atoms with Crippen molar-refractivity contribution in [1.82, 2.24) is 0 Å². The van der Waals surface area contributed by atoms with Gasteiger partial charge in [0.25, 0.3) is 0 Å². The maximum atomic E-state index is 12.5. The fourth-order valence-electron chi connectivity index (χ4n) is 4.90. The predicted octanol–water partition coefficient (Wildman–Crippen LogP) is 10.8. The number of esters is 2. The minimum absolute atomic E-state index is 0.0136. The number of aliphatic hydroxyl groups is 1. The molecule has 1 unspecified atom stereocenters. The highest BCUT2D eigenvalue weighted by Gasteiger charge is 2.26. The lowest BCUT2D eigenvalue weighted by Crippen LogP contribution is -2.29. The third-order valence-corrected chi connectivity index (χ3v) is 9.03. The number of allylic oxidation sites excluding steroid dienone is 15. The first-order valence-corrected chi connectivity index (χ1v) is 22.3. The van der Waals surface area contributed by atoms with Gasteiger partial charge in [-0.3, -0.25) is 18.6 Å². The summed E-state index contributed by atoms with van der Waals surface area (Å²) in [6.45, 7) is 3.35. The monoisotopic (exact) mass is 804 g/mol. The zero-order valence-electron chi connectivity index (χ0n) is 34.4. The van der Waals surface area contributed by atoms with E-state index in [2.05, 4.69) is 74.6 Å². The van der Waals surface area contributed by atoms with E-state index in [9.17, 15) is 24.2 Å². The van der Waals surface area contributed by atoms with Gasteiger partial charge in [0, 0.05) is 19.4 Å². The zero-order valence-corrected chi connectivity index (χ0v) is 35.3. The molecule has 0 fully saturated rings. The highest BCUT2D eigenvalue weighted by molar-refractivity contribution is 7.47. The van der Waals surface area contributed by atoms with Crippen molar-refractivity contribution in [3.8, 4) is 0 Å². The van der Waals surface area contributed by atoms with E-state index in [-0.39, 0.29) is 32.6 Å². The number of aliphatic hydroxyl groups excluding tert-OH is 1. The topological polar surface area (TPSA) is 155 Å². The van der Waals surface area contributed by atoms with E-state index in [4.69, 9.17) is 24.3 Å². The van der Waals surface area contributed by atoms with E-state index in [0.717, 1.165) is 44.9 Å². The van der Waals surface area contributed by atoms with Crippen LogP contribution in [-0.4, -0.2) is 60.5 Å². The molecule has 0 aliphatic carbocycles. The Morgan fingerprint density at radius 1 is 0.625 bits per heavy atom. The molecular weight excluding hydrogens is 729 g/mol. The summed E-state index contributed by atoms with van der Waals surface area (Å²) in [4.78, 5) is 34.8. The average molecular weight is 804 g/mol. The lowest BCUT2D eigenvalue weighted by atomic mass is 10.1. The average Bonchev–Trinajstić information content (AvgIpc) is 3.18. The molecule has 0 saturated carbocycles. The van der Waals surface area contributed by atoms with Gasteiger partial charge in [0.1, 0.15) is 6.61 Å². The van der Waals surface area contributed by atoms with Crippen molar-refractivity contribution in [2.75, 3.05) is 26.4 Å². The molecular formula is C45H74NO9P. The summed E-state index contributed by atoms with van der Waals surface area (Å²) in [5.74, 6) is -1.11. The molecule has 3 atom stereocenters. The van der Waals surface area contributed by atoms with E-state index in [0.29, 0.717) is 25.7 Å². The smallest absolute Gasteiger partial charge is 0.462 e. The molecule has 0 aliphatic rings. The molecule has 0 aromatic rings. The van der Waals surface area contributed by atoms with Gasteiger partial charge in [0.2, 0.25) is 0 Å². The number of phosphoric ester groups is 1. The quantitative estimate of drug-likeness (QED) is 0.0182. The molecule has 56 heavy (non-hydrogen) atoms. The van der Waals surface area contributed by atoms with Crippen LogP contribution in [0.5, 0.6) is 0 Å². The maximum Gasteiger partial charge on any atom is 0.472 e. The lowest BCUT2D eigenvalue weighted by Gasteiger charge is -2.19. The number of hydrogen-bond donors (Lipinski definition) is 3. The van der Waals surface area contributed by atoms with Crippen molar-refractivity contribution in [3.05, 3.63) is 97.2 Å². The molecule has 0 bridgehead atoms. The number of phosphoric acid groups is 1. The van der Waals surface area contributed by atoms with Crippen molar-refractivity contribution in [3.63, 3.8) is 0 Å². The van der Waals surface area contributed by atoms with Gasteiger partial charge in [-0.1, -0.05) is 137 Å². The van der Waals surface area contributed by atoms with Crippen LogP contribution in [0.1, 0.15) is 136 Å². The number of hydrogen-bond acceptors (Lipinski definition) is 9. The number of carbonyl (C=O) groups is 2. The van der Waals surface area contributed by atoms with Crippen molar-refractivity contribution < 1.29 is 42.7 Å². The molecule has 0 aromatic carbocycles. The van der Waals surface area contributed by atoms with Crippen LogP contribution in [-0.2, 0) is 32.7 Å². The second-order valence-electron chi connectivity index (χ2n) is 13.3. The standard InChI is InChI=1S/C45H74NO9P/c1-3-5-7-9-11-13-15-17-18-19-20-22-24-26-28-30-32-36-45(49)55-43(41-54-56(50,51)53-39-38-46)40-52-44(48)37-33-35-42(47)34-31-29-27-25-23-21-16-14-12-10-8-6-4-2/h11-14,17-18,20-23,26-29,31,34,42-43,47H,3-10,15-16,19,24-25,30,32-33,35-41,46H2,1-2H3,(H,50,51)/b13-11-,14-12-,18-17-,22-20-,23-21-,28-26-,29-27-,34-31+/t42-,43-/m1/s1. The van der Waals surface area contributed by atoms with Gasteiger partial charge in [0.15, 0.2) is 6.10 Å². The molecule has 0 aliphatic heterocycles. The fourth-order valence-corrected chi connectivity index (χ4v) is 5.67. The third kappa shape index (κ3) is 39.1. The van der Waals surface area contributed by atoms with Gasteiger partial charge in [-0.15, -0.1) is 0 Å². The fraction of sp³-hybridized carbons (Fsp3) is 0.600. The first kappa shape index (κ1) is 52.9. The van der Waals surface area contributed by atoms with E-state index >= 15 is 0 Å². The van der Waals surface area contributed by atoms with E-state index < -0.39 is 38.6 Å². The van der Waals surface area contributed by atoms with Gasteiger partial charge in [0.05, 0.1) is 19.3 Å². The summed E-state index contributed by atoms with van der Waals surface area (Å²) in [6, 6.07) is 0. The Kier molecular flexibility index (Phi) is 37.9. The summed E-state index contributed by atoms with van der Waals surface area (Å²) >= 11 is 0. The number of unbranched alkanes of at least 4 members (excludes halogenated alkanes) is 7. The molecule has 11 heteroatoms. The normalized spacial score (nSPS) is 14.9. The van der Waals surface area contributed by atoms with Crippen LogP contribution in [0.4, 0.5) is 0 Å². The van der Waals surface area contributed by atoms with Crippen LogP contribution in [0.3, 0.4) is 0 Å². The highest BCUT2D eigenvalue weighted by atomic mass is 31.2. The predicted molar refractivity (Wildman–Crippen MR) is 230 cm³/mol. The van der Waals surface area contributed by atoms with Gasteiger partial charge in [-0.2, -0.15) is 0 Å². The second kappa shape index (κ2) is 40.1. The summed E-state index contributed by atoms with van der Waals surface area (Å²) in [5, 5.41) is 10.2. The zero-order chi connectivity index (χ0) is 41.2. The van der Waals surface area contributed by atoms with Crippen LogP contribution in [0.15, 0.2) is 97.2 Å². The van der Waals surface area contributed by atoms with Crippen LogP contribution in [0, 0.1) is 0 Å². The molecule has 0 saturated heterocycles. The Morgan fingerprint density at radius 3 is 1.66 bits per heavy atom. The molecule has 0 radical (unpaired) electrons. The van der Waals surface area contributed by atoms with Gasteiger partial charge >= 0.3 is 19.8 Å². The minimum atomic E-state index is -4.44. The van der Waals surface area contributed by atoms with Crippen LogP contribution in [0.25, 0.3) is 0 Å². The van der Waals surface area contributed by atoms with Crippen LogP contribution in [0.2, 0.25) is 0 Å². The lowest BCUT2D eigenvalue weighted by molar-refractivity contribution is -0.161. The Hall–Kier alpha value is -3.11. The number of carbonyl (C=O) groups excluding carboxylic acids is 2. The molecule has 0 rings (SSSR count). The largest absolute Gasteiger partial charge is 0.472 e. The van der Waals surface area contributed by atoms with E-state index in [1.165, 1.54) is 38.5 Å². The Labute approximate surface area is 339 Å². The molecule has 10 nitrogen and oxygen atoms in total. The Morgan fingerprint density at radius 2 is 1.12 bits per heavy atom. The van der Waals surface area contributed by atoms with Crippen LogP contribution >= 0.6 is 7.82 Å². The first-order valence-electron chi connectivity index (χ1n) is 20.8. The van der Waals surface area contributed by atoms with Crippen molar-refractivity contribution in [1.29, 1.82) is 0 Å². The number of ether oxygens (including phenoxy) is 2.